The van der Waals surface area contributed by atoms with Gasteiger partial charge in [0.15, 0.2) is 5.69 Å². The third-order valence-electron chi connectivity index (χ3n) is 3.61. The molecule has 2 atom stereocenters. The number of fused-ring (bicyclic) bond motifs is 2. The maximum absolute atomic E-state index is 11.1. The van der Waals surface area contributed by atoms with Crippen molar-refractivity contribution in [3.63, 3.8) is 0 Å². The van der Waals surface area contributed by atoms with Gasteiger partial charge in [0.1, 0.15) is 0 Å². The summed E-state index contributed by atoms with van der Waals surface area (Å²) in [5, 5.41) is 20.1. The zero-order valence-electron chi connectivity index (χ0n) is 10.6. The number of anilines is 1. The number of carbonyl (C=O) groups is 1. The number of hydrogen-bond donors (Lipinski definition) is 1. The molecule has 2 aliphatic rings. The molecular weight excluding hydrogens is 266 g/mol. The van der Waals surface area contributed by atoms with Crippen LogP contribution >= 0.6 is 0 Å². The number of ether oxygens (including phenoxy) is 1. The second-order valence-corrected chi connectivity index (χ2v) is 4.96. The minimum Gasteiger partial charge on any atom is -0.477 e. The van der Waals surface area contributed by atoms with Crippen molar-refractivity contribution >= 4 is 17.5 Å². The van der Waals surface area contributed by atoms with Crippen LogP contribution in [0.1, 0.15) is 23.3 Å². The van der Waals surface area contributed by atoms with Gasteiger partial charge in [0, 0.05) is 19.2 Å². The molecule has 2 aliphatic heterocycles. The Kier molecular flexibility index (Phi) is 3.01. The highest BCUT2D eigenvalue weighted by Gasteiger charge is 2.36. The van der Waals surface area contributed by atoms with E-state index in [0.29, 0.717) is 13.1 Å². The fourth-order valence-electron chi connectivity index (χ4n) is 2.72. The van der Waals surface area contributed by atoms with E-state index in [1.165, 1.54) is 6.07 Å². The Hall–Kier alpha value is -2.22. The number of nitrogens with zero attached hydrogens (tertiary/aromatic N) is 3. The van der Waals surface area contributed by atoms with Gasteiger partial charge in [-0.05, 0) is 18.9 Å². The van der Waals surface area contributed by atoms with E-state index in [4.69, 9.17) is 9.84 Å². The quantitative estimate of drug-likeness (QED) is 0.651. The summed E-state index contributed by atoms with van der Waals surface area (Å²) in [5.74, 6) is -1.08. The molecule has 20 heavy (non-hydrogen) atoms. The molecule has 0 radical (unpaired) electrons. The van der Waals surface area contributed by atoms with Crippen LogP contribution in [0.15, 0.2) is 12.1 Å². The summed E-state index contributed by atoms with van der Waals surface area (Å²) < 4.78 is 5.67. The van der Waals surface area contributed by atoms with Crippen LogP contribution in [0.25, 0.3) is 0 Å². The maximum Gasteiger partial charge on any atom is 0.354 e. The number of hydrogen-bond acceptors (Lipinski definition) is 6. The van der Waals surface area contributed by atoms with Gasteiger partial charge < -0.3 is 14.7 Å². The van der Waals surface area contributed by atoms with Crippen LogP contribution in [-0.2, 0) is 4.74 Å². The molecule has 0 aromatic carbocycles. The average molecular weight is 279 g/mol. The van der Waals surface area contributed by atoms with Crippen molar-refractivity contribution in [1.29, 1.82) is 0 Å². The number of pyridine rings is 1. The topological polar surface area (TPSA) is 106 Å². The molecule has 2 saturated heterocycles. The average Bonchev–Trinajstić information content (AvgIpc) is 2.76. The minimum absolute atomic E-state index is 0.0450. The van der Waals surface area contributed by atoms with Crippen LogP contribution in [0.2, 0.25) is 0 Å². The first-order chi connectivity index (χ1) is 9.54. The molecule has 8 heteroatoms. The summed E-state index contributed by atoms with van der Waals surface area (Å²) in [4.78, 5) is 27.2. The summed E-state index contributed by atoms with van der Waals surface area (Å²) in [6.45, 7) is 1.01. The van der Waals surface area contributed by atoms with Crippen LogP contribution in [0.5, 0.6) is 0 Å². The van der Waals surface area contributed by atoms with Gasteiger partial charge in [0.05, 0.1) is 17.1 Å². The van der Waals surface area contributed by atoms with Crippen molar-refractivity contribution in [2.24, 2.45) is 0 Å². The molecule has 0 spiro atoms. The fourth-order valence-corrected chi connectivity index (χ4v) is 2.72. The Morgan fingerprint density at radius 2 is 2.05 bits per heavy atom. The summed E-state index contributed by atoms with van der Waals surface area (Å²) >= 11 is 0. The Morgan fingerprint density at radius 3 is 2.60 bits per heavy atom. The van der Waals surface area contributed by atoms with Crippen molar-refractivity contribution in [3.05, 3.63) is 27.9 Å². The molecule has 8 nitrogen and oxygen atoms in total. The lowest BCUT2D eigenvalue weighted by Gasteiger charge is -2.32. The molecule has 1 aromatic heterocycles. The van der Waals surface area contributed by atoms with Crippen molar-refractivity contribution in [2.75, 3.05) is 18.0 Å². The standard InChI is InChI=1S/C12H13N3O5/c16-12(17)9-3-4-10(15(18)19)11(13-9)14-5-7-1-2-8(6-14)20-7/h3-4,7-8H,1-2,5-6H2,(H,16,17). The molecular formula is C12H13N3O5. The van der Waals surface area contributed by atoms with E-state index in [1.807, 2.05) is 0 Å². The lowest BCUT2D eigenvalue weighted by Crippen LogP contribution is -2.43. The lowest BCUT2D eigenvalue weighted by atomic mass is 10.2. The first-order valence-electron chi connectivity index (χ1n) is 6.33. The molecule has 0 saturated carbocycles. The number of nitro groups is 1. The summed E-state index contributed by atoms with van der Waals surface area (Å²) in [6.07, 6.45) is 1.94. The van der Waals surface area contributed by atoms with Gasteiger partial charge in [-0.25, -0.2) is 9.78 Å². The number of carboxylic acids is 1. The van der Waals surface area contributed by atoms with E-state index in [-0.39, 0.29) is 29.4 Å². The SMILES string of the molecule is O=C(O)c1ccc([N+](=O)[O-])c(N2CC3CCC(C2)O3)n1. The maximum atomic E-state index is 11.1. The van der Waals surface area contributed by atoms with Crippen molar-refractivity contribution in [3.8, 4) is 0 Å². The molecule has 0 amide bonds. The Bertz CT molecular complexity index is 564. The predicted octanol–water partition coefficient (Wildman–Crippen LogP) is 1.06. The van der Waals surface area contributed by atoms with E-state index in [2.05, 4.69) is 4.98 Å². The zero-order valence-corrected chi connectivity index (χ0v) is 10.6. The Labute approximate surface area is 114 Å². The second kappa shape index (κ2) is 4.71. The van der Waals surface area contributed by atoms with Crippen LogP contribution in [0.3, 0.4) is 0 Å². The normalized spacial score (nSPS) is 24.7. The van der Waals surface area contributed by atoms with E-state index >= 15 is 0 Å². The number of aromatic nitrogens is 1. The van der Waals surface area contributed by atoms with Gasteiger partial charge in [0.2, 0.25) is 5.82 Å². The van der Waals surface area contributed by atoms with Gasteiger partial charge in [-0.3, -0.25) is 10.1 Å². The smallest absolute Gasteiger partial charge is 0.354 e. The first kappa shape index (κ1) is 12.8. The first-order valence-corrected chi connectivity index (χ1v) is 6.33. The van der Waals surface area contributed by atoms with Gasteiger partial charge in [-0.1, -0.05) is 0 Å². The van der Waals surface area contributed by atoms with Crippen LogP contribution in [0, 0.1) is 10.1 Å². The largest absolute Gasteiger partial charge is 0.477 e. The molecule has 0 aliphatic carbocycles. The second-order valence-electron chi connectivity index (χ2n) is 4.96. The van der Waals surface area contributed by atoms with Crippen LogP contribution in [-0.4, -0.2) is 46.3 Å². The summed E-state index contributed by atoms with van der Waals surface area (Å²) in [5.41, 5.74) is -0.360. The number of rotatable bonds is 3. The molecule has 106 valence electrons. The third kappa shape index (κ3) is 2.18. The van der Waals surface area contributed by atoms with Crippen molar-refractivity contribution in [2.45, 2.75) is 25.0 Å². The summed E-state index contributed by atoms with van der Waals surface area (Å²) in [6, 6.07) is 2.35. The number of aromatic carboxylic acids is 1. The van der Waals surface area contributed by atoms with E-state index in [0.717, 1.165) is 18.9 Å². The molecule has 2 bridgehead atoms. The third-order valence-corrected chi connectivity index (χ3v) is 3.61. The van der Waals surface area contributed by atoms with Crippen molar-refractivity contribution in [1.82, 2.24) is 4.98 Å². The lowest BCUT2D eigenvalue weighted by molar-refractivity contribution is -0.384. The molecule has 3 rings (SSSR count). The molecule has 3 heterocycles. The molecule has 1 N–H and O–H groups in total. The van der Waals surface area contributed by atoms with Gasteiger partial charge in [-0.15, -0.1) is 0 Å². The highest BCUT2D eigenvalue weighted by molar-refractivity contribution is 5.86. The van der Waals surface area contributed by atoms with E-state index in [1.54, 1.807) is 4.90 Å². The molecule has 1 aromatic rings. The van der Waals surface area contributed by atoms with Crippen LogP contribution in [0.4, 0.5) is 11.5 Å². The van der Waals surface area contributed by atoms with E-state index < -0.39 is 10.9 Å². The summed E-state index contributed by atoms with van der Waals surface area (Å²) in [7, 11) is 0. The molecule has 2 fully saturated rings. The zero-order chi connectivity index (χ0) is 14.3. The number of morpholine rings is 1. The van der Waals surface area contributed by atoms with Crippen LogP contribution < -0.4 is 4.90 Å². The van der Waals surface area contributed by atoms with Gasteiger partial charge in [-0.2, -0.15) is 0 Å². The number of carboxylic acid groups (broad SMARTS) is 1. The van der Waals surface area contributed by atoms with E-state index in [9.17, 15) is 14.9 Å². The van der Waals surface area contributed by atoms with Crippen molar-refractivity contribution < 1.29 is 19.6 Å². The van der Waals surface area contributed by atoms with Gasteiger partial charge >= 0.3 is 11.7 Å². The Balaban J connectivity index is 1.99. The van der Waals surface area contributed by atoms with Gasteiger partial charge in [0.25, 0.3) is 0 Å². The molecule has 2 unspecified atom stereocenters. The monoisotopic (exact) mass is 279 g/mol. The minimum atomic E-state index is -1.20. The Morgan fingerprint density at radius 1 is 1.40 bits per heavy atom. The highest BCUT2D eigenvalue weighted by Crippen LogP contribution is 2.33. The predicted molar refractivity (Wildman–Crippen MR) is 68.0 cm³/mol. The highest BCUT2D eigenvalue weighted by atomic mass is 16.6. The fraction of sp³-hybridized carbons (Fsp3) is 0.500.